The molecule has 0 bridgehead atoms. The number of benzene rings is 1. The van der Waals surface area contributed by atoms with E-state index in [1.165, 1.54) is 13.2 Å². The molecule has 0 aliphatic carbocycles. The van der Waals surface area contributed by atoms with Gasteiger partial charge in [0.15, 0.2) is 11.6 Å². The van der Waals surface area contributed by atoms with Crippen LogP contribution in [0.2, 0.25) is 0 Å². The Morgan fingerprint density at radius 3 is 2.43 bits per heavy atom. The molecule has 1 atom stereocenters. The van der Waals surface area contributed by atoms with Gasteiger partial charge in [0, 0.05) is 0 Å². The van der Waals surface area contributed by atoms with Gasteiger partial charge in [-0.15, -0.1) is 11.6 Å². The van der Waals surface area contributed by atoms with Crippen molar-refractivity contribution in [2.75, 3.05) is 7.11 Å². The predicted octanol–water partition coefficient (Wildman–Crippen LogP) is 3.77. The van der Waals surface area contributed by atoms with Crippen LogP contribution in [0.5, 0.6) is 5.75 Å². The largest absolute Gasteiger partial charge is 0.494 e. The van der Waals surface area contributed by atoms with E-state index in [4.69, 9.17) is 16.3 Å². The Hall–Kier alpha value is -0.760. The number of rotatable bonds is 3. The summed E-state index contributed by atoms with van der Waals surface area (Å²) in [5.74, 6) is 0.169. The third kappa shape index (κ3) is 2.38. The SMILES string of the molecule is COc1ccc(C(Cl)C(C)C)cc1F. The quantitative estimate of drug-likeness (QED) is 0.699. The molecule has 0 aromatic heterocycles. The van der Waals surface area contributed by atoms with Crippen molar-refractivity contribution < 1.29 is 9.13 Å². The Kier molecular flexibility index (Phi) is 3.76. The molecule has 0 aliphatic rings. The molecule has 1 unspecified atom stereocenters. The molecular weight excluding hydrogens is 203 g/mol. The lowest BCUT2D eigenvalue weighted by Gasteiger charge is -2.14. The minimum atomic E-state index is -0.365. The summed E-state index contributed by atoms with van der Waals surface area (Å²) in [7, 11) is 1.44. The van der Waals surface area contributed by atoms with Crippen LogP contribution < -0.4 is 4.74 Å². The first kappa shape index (κ1) is 11.3. The van der Waals surface area contributed by atoms with Crippen LogP contribution in [0, 0.1) is 11.7 Å². The van der Waals surface area contributed by atoms with Gasteiger partial charge in [0.05, 0.1) is 12.5 Å². The zero-order valence-electron chi connectivity index (χ0n) is 8.55. The normalized spacial score (nSPS) is 13.0. The number of ether oxygens (including phenoxy) is 1. The summed E-state index contributed by atoms with van der Waals surface area (Å²) in [6.07, 6.45) is 0. The Labute approximate surface area is 88.8 Å². The number of methoxy groups -OCH3 is 1. The second kappa shape index (κ2) is 4.65. The van der Waals surface area contributed by atoms with E-state index in [0.717, 1.165) is 5.56 Å². The fourth-order valence-corrected chi connectivity index (χ4v) is 1.37. The van der Waals surface area contributed by atoms with Gasteiger partial charge in [-0.25, -0.2) is 4.39 Å². The summed E-state index contributed by atoms with van der Waals surface area (Å²) in [6.45, 7) is 4.00. The smallest absolute Gasteiger partial charge is 0.165 e. The molecule has 0 N–H and O–H groups in total. The van der Waals surface area contributed by atoms with Gasteiger partial charge >= 0.3 is 0 Å². The monoisotopic (exact) mass is 216 g/mol. The lowest BCUT2D eigenvalue weighted by atomic mass is 10.0. The highest BCUT2D eigenvalue weighted by Gasteiger charge is 2.14. The fraction of sp³-hybridized carbons (Fsp3) is 0.455. The van der Waals surface area contributed by atoms with Crippen LogP contribution in [0.4, 0.5) is 4.39 Å². The summed E-state index contributed by atoms with van der Waals surface area (Å²) in [5.41, 5.74) is 0.792. The van der Waals surface area contributed by atoms with Crippen LogP contribution in [-0.2, 0) is 0 Å². The summed E-state index contributed by atoms with van der Waals surface area (Å²) in [5, 5.41) is -0.157. The van der Waals surface area contributed by atoms with Crippen LogP contribution in [0.1, 0.15) is 24.8 Å². The molecule has 0 radical (unpaired) electrons. The molecular formula is C11H14ClFO. The fourth-order valence-electron chi connectivity index (χ4n) is 1.24. The lowest BCUT2D eigenvalue weighted by Crippen LogP contribution is -2.00. The van der Waals surface area contributed by atoms with Crippen molar-refractivity contribution in [2.45, 2.75) is 19.2 Å². The average Bonchev–Trinajstić information content (AvgIpc) is 2.16. The van der Waals surface area contributed by atoms with Crippen molar-refractivity contribution in [3.05, 3.63) is 29.6 Å². The molecule has 78 valence electrons. The maximum absolute atomic E-state index is 13.3. The van der Waals surface area contributed by atoms with E-state index in [1.54, 1.807) is 12.1 Å². The van der Waals surface area contributed by atoms with Crippen LogP contribution in [0.25, 0.3) is 0 Å². The lowest BCUT2D eigenvalue weighted by molar-refractivity contribution is 0.386. The molecule has 3 heteroatoms. The second-order valence-corrected chi connectivity index (χ2v) is 4.01. The van der Waals surface area contributed by atoms with E-state index >= 15 is 0 Å². The summed E-state index contributed by atoms with van der Waals surface area (Å²) in [4.78, 5) is 0. The van der Waals surface area contributed by atoms with Crippen molar-refractivity contribution in [1.82, 2.24) is 0 Å². The highest BCUT2D eigenvalue weighted by atomic mass is 35.5. The van der Waals surface area contributed by atoms with Gasteiger partial charge in [-0.3, -0.25) is 0 Å². The number of hydrogen-bond donors (Lipinski definition) is 0. The maximum atomic E-state index is 13.3. The van der Waals surface area contributed by atoms with Crippen molar-refractivity contribution in [2.24, 2.45) is 5.92 Å². The maximum Gasteiger partial charge on any atom is 0.165 e. The van der Waals surface area contributed by atoms with E-state index < -0.39 is 0 Å². The standard InChI is InChI=1S/C11H14ClFO/c1-7(2)11(12)8-4-5-10(14-3)9(13)6-8/h4-7,11H,1-3H3. The van der Waals surface area contributed by atoms with E-state index in [-0.39, 0.29) is 22.9 Å². The second-order valence-electron chi connectivity index (χ2n) is 3.54. The minimum Gasteiger partial charge on any atom is -0.494 e. The number of alkyl halides is 1. The Morgan fingerprint density at radius 2 is 2.00 bits per heavy atom. The van der Waals surface area contributed by atoms with Crippen molar-refractivity contribution in [3.8, 4) is 5.75 Å². The van der Waals surface area contributed by atoms with Gasteiger partial charge in [0.25, 0.3) is 0 Å². The Bertz CT molecular complexity index is 312. The topological polar surface area (TPSA) is 9.23 Å². The third-order valence-corrected chi connectivity index (χ3v) is 2.84. The molecule has 0 spiro atoms. The molecule has 0 saturated heterocycles. The van der Waals surface area contributed by atoms with Crippen molar-refractivity contribution in [3.63, 3.8) is 0 Å². The van der Waals surface area contributed by atoms with Gasteiger partial charge in [0.2, 0.25) is 0 Å². The highest BCUT2D eigenvalue weighted by Crippen LogP contribution is 2.30. The average molecular weight is 217 g/mol. The van der Waals surface area contributed by atoms with Crippen molar-refractivity contribution in [1.29, 1.82) is 0 Å². The summed E-state index contributed by atoms with van der Waals surface area (Å²) in [6, 6.07) is 4.82. The third-order valence-electron chi connectivity index (χ3n) is 2.08. The molecule has 0 fully saturated rings. The molecule has 0 amide bonds. The highest BCUT2D eigenvalue weighted by molar-refractivity contribution is 6.20. The van der Waals surface area contributed by atoms with Gasteiger partial charge < -0.3 is 4.74 Å². The zero-order valence-corrected chi connectivity index (χ0v) is 9.31. The molecule has 1 aromatic rings. The first-order valence-electron chi connectivity index (χ1n) is 4.53. The van der Waals surface area contributed by atoms with Gasteiger partial charge in [-0.05, 0) is 23.6 Å². The van der Waals surface area contributed by atoms with E-state index in [1.807, 2.05) is 13.8 Å². The first-order valence-corrected chi connectivity index (χ1v) is 4.97. The van der Waals surface area contributed by atoms with Gasteiger partial charge in [0.1, 0.15) is 0 Å². The number of halogens is 2. The molecule has 0 saturated carbocycles. The Balaban J connectivity index is 2.96. The predicted molar refractivity (Wildman–Crippen MR) is 56.4 cm³/mol. The summed E-state index contributed by atoms with van der Waals surface area (Å²) < 4.78 is 18.1. The van der Waals surface area contributed by atoms with E-state index in [9.17, 15) is 4.39 Å². The molecule has 14 heavy (non-hydrogen) atoms. The van der Waals surface area contributed by atoms with E-state index in [0.29, 0.717) is 0 Å². The molecule has 1 aromatic carbocycles. The zero-order chi connectivity index (χ0) is 10.7. The van der Waals surface area contributed by atoms with Gasteiger partial charge in [-0.1, -0.05) is 19.9 Å². The first-order chi connectivity index (χ1) is 6.56. The van der Waals surface area contributed by atoms with Crippen LogP contribution in [-0.4, -0.2) is 7.11 Å². The van der Waals surface area contributed by atoms with E-state index in [2.05, 4.69) is 0 Å². The molecule has 0 heterocycles. The number of hydrogen-bond acceptors (Lipinski definition) is 1. The Morgan fingerprint density at radius 1 is 1.36 bits per heavy atom. The molecule has 1 nitrogen and oxygen atoms in total. The minimum absolute atomic E-state index is 0.157. The van der Waals surface area contributed by atoms with Crippen molar-refractivity contribution >= 4 is 11.6 Å². The molecule has 1 rings (SSSR count). The molecule has 0 aliphatic heterocycles. The summed E-state index contributed by atoms with van der Waals surface area (Å²) >= 11 is 6.10. The van der Waals surface area contributed by atoms with Crippen LogP contribution >= 0.6 is 11.6 Å². The van der Waals surface area contributed by atoms with Gasteiger partial charge in [-0.2, -0.15) is 0 Å². The van der Waals surface area contributed by atoms with Crippen LogP contribution in [0.3, 0.4) is 0 Å². The van der Waals surface area contributed by atoms with Crippen LogP contribution in [0.15, 0.2) is 18.2 Å².